The molecule has 1 unspecified atom stereocenters. The zero-order chi connectivity index (χ0) is 23.6. The van der Waals surface area contributed by atoms with Gasteiger partial charge in [-0.1, -0.05) is 47.6 Å². The number of hydrogen-bond acceptors (Lipinski definition) is 5. The summed E-state index contributed by atoms with van der Waals surface area (Å²) in [6.45, 7) is 0. The lowest BCUT2D eigenvalue weighted by Crippen LogP contribution is -2.24. The van der Waals surface area contributed by atoms with Crippen molar-refractivity contribution in [3.05, 3.63) is 109 Å². The first kappa shape index (κ1) is 21.0. The fourth-order valence-electron chi connectivity index (χ4n) is 4.60. The first-order valence-electron chi connectivity index (χ1n) is 10.5. The summed E-state index contributed by atoms with van der Waals surface area (Å²) in [5.74, 6) is -0.782. The minimum Gasteiger partial charge on any atom is -0.505 e. The van der Waals surface area contributed by atoms with Crippen molar-refractivity contribution in [2.75, 3.05) is 0 Å². The molecule has 1 aliphatic heterocycles. The number of halogens is 2. The molecule has 0 bridgehead atoms. The molecule has 34 heavy (non-hydrogen) atoms. The number of fused-ring (bicyclic) bond motifs is 2. The summed E-state index contributed by atoms with van der Waals surface area (Å²) in [6.07, 6.45) is 0.520. The minimum atomic E-state index is -0.733. The highest BCUT2D eigenvalue weighted by atomic mass is 35.5. The van der Waals surface area contributed by atoms with E-state index in [0.29, 0.717) is 27.2 Å². The van der Waals surface area contributed by atoms with Crippen LogP contribution in [0, 0.1) is 5.82 Å². The number of benzene rings is 3. The van der Waals surface area contributed by atoms with Crippen molar-refractivity contribution in [2.45, 2.75) is 22.3 Å². The van der Waals surface area contributed by atoms with Gasteiger partial charge in [-0.05, 0) is 60.0 Å². The zero-order valence-electron chi connectivity index (χ0n) is 17.4. The second kappa shape index (κ2) is 7.75. The van der Waals surface area contributed by atoms with Gasteiger partial charge in [-0.2, -0.15) is 0 Å². The van der Waals surface area contributed by atoms with E-state index in [1.54, 1.807) is 47.0 Å². The van der Waals surface area contributed by atoms with Crippen LogP contribution in [0.5, 0.6) is 5.75 Å². The lowest BCUT2D eigenvalue weighted by Gasteiger charge is -2.17. The van der Waals surface area contributed by atoms with E-state index in [4.69, 9.17) is 16.0 Å². The average Bonchev–Trinajstić information content (AvgIpc) is 3.22. The zero-order valence-corrected chi connectivity index (χ0v) is 19.0. The number of para-hydroxylation sites is 1. The highest BCUT2D eigenvalue weighted by Gasteiger charge is 2.31. The van der Waals surface area contributed by atoms with Crippen LogP contribution in [0.3, 0.4) is 0 Å². The number of rotatable bonds is 3. The maximum Gasteiger partial charge on any atom is 0.354 e. The van der Waals surface area contributed by atoms with Gasteiger partial charge in [0.15, 0.2) is 11.3 Å². The molecule has 0 saturated carbocycles. The molecule has 1 aliphatic rings. The standard InChI is InChI=1S/C26H15ClFNO4S/c27-15-6-10-17(11-7-15)34-24-22(30)20-23(33-26(24)32)18-3-1-2-14-12-19(29(21(14)18)25(20)31)13-4-8-16(28)9-5-13/h1-11,19,30H,12H2. The SMILES string of the molecule is O=c1oc2c(c(O)c1Sc1ccc(Cl)cc1)c(=O)n1c3c(cccc23)CC1c1ccc(F)cc1. The smallest absolute Gasteiger partial charge is 0.354 e. The summed E-state index contributed by atoms with van der Waals surface area (Å²) in [7, 11) is 0. The molecule has 3 heterocycles. The first-order valence-corrected chi connectivity index (χ1v) is 11.7. The second-order valence-electron chi connectivity index (χ2n) is 8.09. The Bertz CT molecular complexity index is 1730. The Hall–Kier alpha value is -3.55. The van der Waals surface area contributed by atoms with Crippen LogP contribution >= 0.6 is 23.4 Å². The predicted octanol–water partition coefficient (Wildman–Crippen LogP) is 5.90. The second-order valence-corrected chi connectivity index (χ2v) is 9.61. The Morgan fingerprint density at radius 3 is 2.50 bits per heavy atom. The Kier molecular flexibility index (Phi) is 4.79. The molecule has 1 atom stereocenters. The van der Waals surface area contributed by atoms with Gasteiger partial charge in [0.1, 0.15) is 16.1 Å². The van der Waals surface area contributed by atoms with Crippen LogP contribution in [-0.2, 0) is 6.42 Å². The van der Waals surface area contributed by atoms with E-state index in [0.717, 1.165) is 22.9 Å². The van der Waals surface area contributed by atoms with E-state index in [1.807, 2.05) is 12.1 Å². The van der Waals surface area contributed by atoms with Gasteiger partial charge >= 0.3 is 5.63 Å². The van der Waals surface area contributed by atoms with Crippen LogP contribution < -0.4 is 11.2 Å². The first-order chi connectivity index (χ1) is 16.4. The fourth-order valence-corrected chi connectivity index (χ4v) is 5.56. The summed E-state index contributed by atoms with van der Waals surface area (Å²) in [5, 5.41) is 12.2. The molecule has 1 N–H and O–H groups in total. The number of hydrogen-bond donors (Lipinski definition) is 1. The lowest BCUT2D eigenvalue weighted by molar-refractivity contribution is 0.446. The van der Waals surface area contributed by atoms with Crippen LogP contribution in [0.4, 0.5) is 4.39 Å². The summed E-state index contributed by atoms with van der Waals surface area (Å²) in [6, 6.07) is 17.9. The van der Waals surface area contributed by atoms with Crippen molar-refractivity contribution in [1.29, 1.82) is 0 Å². The molecule has 2 aromatic heterocycles. The van der Waals surface area contributed by atoms with Crippen LogP contribution in [0.15, 0.2) is 90.5 Å². The van der Waals surface area contributed by atoms with Gasteiger partial charge < -0.3 is 9.52 Å². The van der Waals surface area contributed by atoms with Crippen molar-refractivity contribution < 1.29 is 13.9 Å². The van der Waals surface area contributed by atoms with Crippen molar-refractivity contribution >= 4 is 45.2 Å². The predicted molar refractivity (Wildman–Crippen MR) is 130 cm³/mol. The van der Waals surface area contributed by atoms with Crippen LogP contribution in [0.25, 0.3) is 21.9 Å². The van der Waals surface area contributed by atoms with Gasteiger partial charge in [-0.25, -0.2) is 9.18 Å². The van der Waals surface area contributed by atoms with Crippen LogP contribution in [-0.4, -0.2) is 9.67 Å². The normalized spacial score (nSPS) is 14.8. The molecular weight excluding hydrogens is 477 g/mol. The van der Waals surface area contributed by atoms with E-state index in [9.17, 15) is 19.1 Å². The third-order valence-electron chi connectivity index (χ3n) is 6.11. The molecule has 0 fully saturated rings. The van der Waals surface area contributed by atoms with Gasteiger partial charge in [0.05, 0.1) is 11.6 Å². The highest BCUT2D eigenvalue weighted by molar-refractivity contribution is 7.99. The van der Waals surface area contributed by atoms with Crippen molar-refractivity contribution in [3.63, 3.8) is 0 Å². The van der Waals surface area contributed by atoms with Gasteiger partial charge in [-0.15, -0.1) is 0 Å². The Labute approximate surface area is 201 Å². The summed E-state index contributed by atoms with van der Waals surface area (Å²) < 4.78 is 20.8. The van der Waals surface area contributed by atoms with Crippen LogP contribution in [0.1, 0.15) is 17.2 Å². The Balaban J connectivity index is 1.63. The molecule has 168 valence electrons. The molecule has 0 aliphatic carbocycles. The molecule has 0 saturated heterocycles. The van der Waals surface area contributed by atoms with Crippen molar-refractivity contribution in [2.24, 2.45) is 0 Å². The van der Waals surface area contributed by atoms with Crippen LogP contribution in [0.2, 0.25) is 5.02 Å². The van der Waals surface area contributed by atoms with Gasteiger partial charge in [0, 0.05) is 15.3 Å². The van der Waals surface area contributed by atoms with E-state index < -0.39 is 16.9 Å². The largest absolute Gasteiger partial charge is 0.505 e. The molecule has 5 nitrogen and oxygen atoms in total. The monoisotopic (exact) mass is 491 g/mol. The molecule has 8 heteroatoms. The number of aromatic hydroxyl groups is 1. The van der Waals surface area contributed by atoms with E-state index in [2.05, 4.69) is 0 Å². The Morgan fingerprint density at radius 1 is 1.03 bits per heavy atom. The number of pyridine rings is 1. The molecule has 3 aromatic carbocycles. The van der Waals surface area contributed by atoms with E-state index in [-0.39, 0.29) is 27.7 Å². The van der Waals surface area contributed by atoms with Crippen molar-refractivity contribution in [3.8, 4) is 5.75 Å². The number of nitrogens with zero attached hydrogens (tertiary/aromatic N) is 1. The molecule has 5 aromatic rings. The quantitative estimate of drug-likeness (QED) is 0.318. The topological polar surface area (TPSA) is 72.4 Å². The summed E-state index contributed by atoms with van der Waals surface area (Å²) in [4.78, 5) is 27.2. The van der Waals surface area contributed by atoms with Gasteiger partial charge in [0.2, 0.25) is 0 Å². The van der Waals surface area contributed by atoms with E-state index in [1.165, 1.54) is 12.1 Å². The molecular formula is C26H15ClFNO4S. The maximum atomic E-state index is 13.8. The molecule has 0 spiro atoms. The maximum absolute atomic E-state index is 13.8. The average molecular weight is 492 g/mol. The van der Waals surface area contributed by atoms with Gasteiger partial charge in [-0.3, -0.25) is 9.36 Å². The number of aromatic nitrogens is 1. The minimum absolute atomic E-state index is 0.0563. The third kappa shape index (κ3) is 3.15. The third-order valence-corrected chi connectivity index (χ3v) is 7.43. The van der Waals surface area contributed by atoms with E-state index >= 15 is 0 Å². The molecule has 0 radical (unpaired) electrons. The fraction of sp³-hybridized carbons (Fsp3) is 0.0769. The highest BCUT2D eigenvalue weighted by Crippen LogP contribution is 2.41. The summed E-state index contributed by atoms with van der Waals surface area (Å²) >= 11 is 6.94. The molecule has 6 rings (SSSR count). The summed E-state index contributed by atoms with van der Waals surface area (Å²) in [5.41, 5.74) is 1.18. The Morgan fingerprint density at radius 2 is 1.76 bits per heavy atom. The molecule has 0 amide bonds. The lowest BCUT2D eigenvalue weighted by atomic mass is 10.0. The van der Waals surface area contributed by atoms with Crippen molar-refractivity contribution in [1.82, 2.24) is 4.57 Å². The van der Waals surface area contributed by atoms with Gasteiger partial charge in [0.25, 0.3) is 5.56 Å².